The predicted octanol–water partition coefficient (Wildman–Crippen LogP) is 10.8. The van der Waals surface area contributed by atoms with Crippen molar-refractivity contribution >= 4 is 17.1 Å². The van der Waals surface area contributed by atoms with Crippen LogP contribution in [0.1, 0.15) is 22.3 Å². The molecule has 0 N–H and O–H groups in total. The van der Waals surface area contributed by atoms with Gasteiger partial charge in [-0.15, -0.1) is 18.2 Å². The molecule has 2 aliphatic rings. The van der Waals surface area contributed by atoms with Crippen LogP contribution in [-0.4, -0.2) is 0 Å². The van der Waals surface area contributed by atoms with Gasteiger partial charge in [0.15, 0.2) is 0 Å². The molecule has 0 atom stereocenters. The molecule has 0 aliphatic heterocycles. The van der Waals surface area contributed by atoms with Crippen LogP contribution in [0.4, 0.5) is 17.1 Å². The van der Waals surface area contributed by atoms with Gasteiger partial charge in [-0.3, -0.25) is 0 Å². The van der Waals surface area contributed by atoms with Crippen LogP contribution in [0.2, 0.25) is 0 Å². The Morgan fingerprint density at radius 3 is 1.67 bits per heavy atom. The molecule has 9 rings (SSSR count). The van der Waals surface area contributed by atoms with E-state index in [1.54, 1.807) is 0 Å². The van der Waals surface area contributed by atoms with E-state index in [1.807, 2.05) is 18.2 Å². The van der Waals surface area contributed by atoms with Gasteiger partial charge in [-0.25, -0.2) is 11.1 Å². The molecule has 0 heterocycles. The van der Waals surface area contributed by atoms with Gasteiger partial charge < -0.3 is 4.90 Å². The normalized spacial score (nSPS) is 12.9. The van der Waals surface area contributed by atoms with Crippen molar-refractivity contribution in [3.63, 3.8) is 0 Å². The van der Waals surface area contributed by atoms with Crippen molar-refractivity contribution in [2.45, 2.75) is 5.41 Å². The molecule has 45 heavy (non-hydrogen) atoms. The molecule has 0 amide bonds. The minimum atomic E-state index is -0.393. The predicted molar refractivity (Wildman–Crippen MR) is 181 cm³/mol. The molecule has 0 aromatic heterocycles. The van der Waals surface area contributed by atoms with Gasteiger partial charge in [0.25, 0.3) is 0 Å². The summed E-state index contributed by atoms with van der Waals surface area (Å²) < 4.78 is 0. The first-order valence-electron chi connectivity index (χ1n) is 15.1. The number of hydrogen-bond donors (Lipinski definition) is 0. The third-order valence-corrected chi connectivity index (χ3v) is 9.31. The second kappa shape index (κ2) is 10.9. The standard InChI is InChI=1S/C43H27N.W/c1-3-16-30(17-4-1)32-20-10-14-28-40(32)44(31-18-5-2-6-19-31)41-29-15-27-39-42(41)35-23-9-13-26-38(35)43(39)36-24-11-7-21-33(36)34-22-8-12-25-37(34)43;/h1-16,18-19,21-29H;/q-2;+2. The van der Waals surface area contributed by atoms with E-state index in [1.165, 1.54) is 44.5 Å². The van der Waals surface area contributed by atoms with Crippen LogP contribution >= 0.6 is 0 Å². The van der Waals surface area contributed by atoms with Gasteiger partial charge in [0.05, 0.1) is 5.41 Å². The molecule has 1 spiro atoms. The zero-order valence-electron chi connectivity index (χ0n) is 24.4. The summed E-state index contributed by atoms with van der Waals surface area (Å²) in [5, 5.41) is 0. The first kappa shape index (κ1) is 27.6. The number of hydrogen-bond acceptors (Lipinski definition) is 1. The monoisotopic (exact) mass is 741 g/mol. The maximum Gasteiger partial charge on any atom is 2.00 e. The maximum absolute atomic E-state index is 3.56. The van der Waals surface area contributed by atoms with Gasteiger partial charge in [-0.1, -0.05) is 109 Å². The van der Waals surface area contributed by atoms with Crippen LogP contribution in [0.5, 0.6) is 0 Å². The molecule has 7 aromatic carbocycles. The Hall–Kier alpha value is -4.97. The van der Waals surface area contributed by atoms with Crippen molar-refractivity contribution in [1.29, 1.82) is 0 Å². The van der Waals surface area contributed by atoms with Gasteiger partial charge >= 0.3 is 21.1 Å². The van der Waals surface area contributed by atoms with E-state index in [0.717, 1.165) is 28.2 Å². The van der Waals surface area contributed by atoms with Gasteiger partial charge in [-0.05, 0) is 57.1 Å². The van der Waals surface area contributed by atoms with Gasteiger partial charge in [-0.2, -0.15) is 36.4 Å². The molecule has 0 radical (unpaired) electrons. The van der Waals surface area contributed by atoms with Crippen LogP contribution in [0, 0.1) is 12.1 Å². The van der Waals surface area contributed by atoms with Crippen molar-refractivity contribution in [1.82, 2.24) is 0 Å². The molecule has 1 nitrogen and oxygen atoms in total. The van der Waals surface area contributed by atoms with E-state index in [-0.39, 0.29) is 21.1 Å². The fourth-order valence-electron chi connectivity index (χ4n) is 7.67. The van der Waals surface area contributed by atoms with E-state index >= 15 is 0 Å². The Balaban J connectivity index is 0.00000300. The second-order valence-electron chi connectivity index (χ2n) is 11.5. The molecule has 0 saturated heterocycles. The number of para-hydroxylation sites is 1. The van der Waals surface area contributed by atoms with E-state index in [9.17, 15) is 0 Å². The van der Waals surface area contributed by atoms with Crippen LogP contribution in [0.25, 0.3) is 33.4 Å². The van der Waals surface area contributed by atoms with Crippen molar-refractivity contribution in [2.24, 2.45) is 0 Å². The van der Waals surface area contributed by atoms with Crippen molar-refractivity contribution in [3.8, 4) is 33.4 Å². The van der Waals surface area contributed by atoms with Gasteiger partial charge in [0, 0.05) is 16.9 Å². The average molecular weight is 742 g/mol. The zero-order chi connectivity index (χ0) is 29.1. The maximum atomic E-state index is 3.56. The van der Waals surface area contributed by atoms with Gasteiger partial charge in [0.2, 0.25) is 0 Å². The molecule has 2 aliphatic carbocycles. The Kier molecular flexibility index (Phi) is 6.66. The summed E-state index contributed by atoms with van der Waals surface area (Å²) in [5.41, 5.74) is 15.5. The van der Waals surface area contributed by atoms with E-state index in [0.29, 0.717) is 0 Å². The molecule has 0 saturated carbocycles. The fourth-order valence-corrected chi connectivity index (χ4v) is 7.67. The van der Waals surface area contributed by atoms with Crippen LogP contribution in [0.15, 0.2) is 164 Å². The molecule has 210 valence electrons. The Bertz CT molecular complexity index is 2140. The molecule has 0 fully saturated rings. The number of benzene rings is 7. The quantitative estimate of drug-likeness (QED) is 0.162. The van der Waals surface area contributed by atoms with Crippen molar-refractivity contribution < 1.29 is 21.1 Å². The minimum absolute atomic E-state index is 0. The first-order chi connectivity index (χ1) is 21.9. The summed E-state index contributed by atoms with van der Waals surface area (Å²) in [6.07, 6.45) is 0. The third kappa shape index (κ3) is 3.91. The summed E-state index contributed by atoms with van der Waals surface area (Å²) in [6.45, 7) is 0. The number of nitrogens with zero attached hydrogens (tertiary/aromatic N) is 1. The largest absolute Gasteiger partial charge is 2.00 e. The summed E-state index contributed by atoms with van der Waals surface area (Å²) in [5.74, 6) is 0. The fraction of sp³-hybridized carbons (Fsp3) is 0.0233. The van der Waals surface area contributed by atoms with E-state index < -0.39 is 5.41 Å². The molecule has 0 unspecified atom stereocenters. The number of anilines is 3. The number of fused-ring (bicyclic) bond motifs is 10. The van der Waals surface area contributed by atoms with E-state index in [4.69, 9.17) is 0 Å². The number of rotatable bonds is 4. The summed E-state index contributed by atoms with van der Waals surface area (Å²) in [6, 6.07) is 66.0. The molecule has 7 aromatic rings. The molecule has 2 heteroatoms. The van der Waals surface area contributed by atoms with Crippen LogP contribution in [-0.2, 0) is 26.5 Å². The van der Waals surface area contributed by atoms with Gasteiger partial charge in [0.1, 0.15) is 0 Å². The molecular weight excluding hydrogens is 714 g/mol. The summed E-state index contributed by atoms with van der Waals surface area (Å²) >= 11 is 0. The summed E-state index contributed by atoms with van der Waals surface area (Å²) in [7, 11) is 0. The topological polar surface area (TPSA) is 3.24 Å². The zero-order valence-corrected chi connectivity index (χ0v) is 27.4. The van der Waals surface area contributed by atoms with Crippen molar-refractivity contribution in [3.05, 3.63) is 198 Å². The smallest absolute Gasteiger partial charge is 0.360 e. The third-order valence-electron chi connectivity index (χ3n) is 9.31. The average Bonchev–Trinajstić information content (AvgIpc) is 3.58. The SMILES string of the molecule is [W+2].[c-]1ccccc1-c1[c-]cccc1N(c1ccccc1)c1cccc2c1-c1ccccc1C21c2ccccc2-c2ccccc21. The summed E-state index contributed by atoms with van der Waals surface area (Å²) in [4.78, 5) is 2.41. The Morgan fingerprint density at radius 1 is 0.422 bits per heavy atom. The Labute approximate surface area is 278 Å². The minimum Gasteiger partial charge on any atom is -0.360 e. The van der Waals surface area contributed by atoms with Crippen LogP contribution in [0.3, 0.4) is 0 Å². The first-order valence-corrected chi connectivity index (χ1v) is 15.1. The molecule has 0 bridgehead atoms. The van der Waals surface area contributed by atoms with Crippen LogP contribution < -0.4 is 4.90 Å². The molecular formula is C43H27NW. The Morgan fingerprint density at radius 2 is 0.978 bits per heavy atom. The second-order valence-corrected chi connectivity index (χ2v) is 11.5. The van der Waals surface area contributed by atoms with E-state index in [2.05, 4.69) is 163 Å². The van der Waals surface area contributed by atoms with Crippen molar-refractivity contribution in [2.75, 3.05) is 4.90 Å².